The molecule has 0 aliphatic heterocycles. The van der Waals surface area contributed by atoms with Gasteiger partial charge in [-0.2, -0.15) is 0 Å². The van der Waals surface area contributed by atoms with Crippen molar-refractivity contribution >= 4 is 36.5 Å². The van der Waals surface area contributed by atoms with Gasteiger partial charge in [-0.3, -0.25) is 14.4 Å². The summed E-state index contributed by atoms with van der Waals surface area (Å²) < 4.78 is 0. The van der Waals surface area contributed by atoms with Crippen molar-refractivity contribution < 1.29 is 29.7 Å². The first kappa shape index (κ1) is 12.9. The molecule has 0 rings (SSSR count). The Kier molecular flexibility index (Phi) is 4.08. The summed E-state index contributed by atoms with van der Waals surface area (Å²) >= 11 is 5.49. The quantitative estimate of drug-likeness (QED) is 0.499. The number of rotatable bonds is 5. The summed E-state index contributed by atoms with van der Waals surface area (Å²) in [5.74, 6) is 0. The highest BCUT2D eigenvalue weighted by molar-refractivity contribution is 7.40. The standard InChI is InChI=1S/C6H9ClO6Si/c1-2-3(7)14(4(8)9,5(10)11)6(12)13/h3H,2H2,1H3,(H,8,9)(H,10,11)(H,12,13). The van der Waals surface area contributed by atoms with E-state index in [1.807, 2.05) is 0 Å². The van der Waals surface area contributed by atoms with E-state index in [0.29, 0.717) is 0 Å². The number of carboxylic acid groups (broad SMARTS) is 3. The SMILES string of the molecule is CCC(Cl)[Si](C(=O)O)(C(=O)O)C(=O)O. The van der Waals surface area contributed by atoms with Crippen molar-refractivity contribution in [3.05, 3.63) is 0 Å². The first-order chi connectivity index (χ1) is 6.31. The average molecular weight is 241 g/mol. The second kappa shape index (κ2) is 4.42. The maximum atomic E-state index is 10.7. The van der Waals surface area contributed by atoms with Gasteiger partial charge in [0.2, 0.25) is 0 Å². The summed E-state index contributed by atoms with van der Waals surface area (Å²) in [6.45, 7) is 1.44. The molecular weight excluding hydrogens is 232 g/mol. The summed E-state index contributed by atoms with van der Waals surface area (Å²) in [6.07, 6.45) is -0.0152. The Morgan fingerprint density at radius 2 is 1.43 bits per heavy atom. The van der Waals surface area contributed by atoms with E-state index in [1.54, 1.807) is 0 Å². The zero-order valence-electron chi connectivity index (χ0n) is 7.23. The molecule has 0 bridgehead atoms. The number of halogens is 1. The van der Waals surface area contributed by atoms with Crippen LogP contribution in [-0.4, -0.2) is 45.2 Å². The molecule has 0 heterocycles. The van der Waals surface area contributed by atoms with E-state index in [1.165, 1.54) is 6.92 Å². The Morgan fingerprint density at radius 1 is 1.14 bits per heavy atom. The molecule has 0 saturated carbocycles. The van der Waals surface area contributed by atoms with Gasteiger partial charge in [-0.05, 0) is 6.42 Å². The van der Waals surface area contributed by atoms with Crippen LogP contribution in [0.2, 0.25) is 0 Å². The first-order valence-electron chi connectivity index (χ1n) is 3.66. The molecule has 14 heavy (non-hydrogen) atoms. The second-order valence-corrected chi connectivity index (χ2v) is 7.09. The van der Waals surface area contributed by atoms with Crippen LogP contribution < -0.4 is 0 Å². The summed E-state index contributed by atoms with van der Waals surface area (Å²) in [7, 11) is -4.62. The number of alkyl halides is 1. The molecule has 0 radical (unpaired) electrons. The van der Waals surface area contributed by atoms with Crippen molar-refractivity contribution in [2.75, 3.05) is 0 Å². The number of hydrogen-bond donors (Lipinski definition) is 3. The van der Waals surface area contributed by atoms with Crippen molar-refractivity contribution in [1.29, 1.82) is 0 Å². The van der Waals surface area contributed by atoms with Crippen molar-refractivity contribution in [3.8, 4) is 0 Å². The van der Waals surface area contributed by atoms with Crippen LogP contribution in [0.4, 0.5) is 14.4 Å². The molecule has 80 valence electrons. The maximum absolute atomic E-state index is 10.7. The van der Waals surface area contributed by atoms with Crippen molar-refractivity contribution in [2.45, 2.75) is 18.3 Å². The molecular formula is C6H9ClO6Si. The van der Waals surface area contributed by atoms with Gasteiger partial charge in [0.1, 0.15) is 0 Å². The molecule has 0 aromatic rings. The lowest BCUT2D eigenvalue weighted by molar-refractivity contribution is 0.201. The van der Waals surface area contributed by atoms with E-state index >= 15 is 0 Å². The van der Waals surface area contributed by atoms with E-state index in [0.717, 1.165) is 0 Å². The normalized spacial score (nSPS) is 13.3. The lowest BCUT2D eigenvalue weighted by atomic mass is 10.6. The molecule has 0 aromatic heterocycles. The van der Waals surface area contributed by atoms with Crippen LogP contribution in [0.3, 0.4) is 0 Å². The molecule has 3 N–H and O–H groups in total. The summed E-state index contributed by atoms with van der Waals surface area (Å²) in [4.78, 5) is 32.2. The molecule has 6 nitrogen and oxygen atoms in total. The predicted octanol–water partition coefficient (Wildman–Crippen LogP) is 1.77. The van der Waals surface area contributed by atoms with Gasteiger partial charge in [-0.15, -0.1) is 11.6 Å². The largest absolute Gasteiger partial charge is 0.485 e. The van der Waals surface area contributed by atoms with Crippen molar-refractivity contribution in [1.82, 2.24) is 0 Å². The second-order valence-electron chi connectivity index (χ2n) is 2.60. The minimum atomic E-state index is -4.62. The Bertz CT molecular complexity index is 241. The topological polar surface area (TPSA) is 112 Å². The van der Waals surface area contributed by atoms with Gasteiger partial charge >= 0.3 is 8.07 Å². The Labute approximate surface area is 85.1 Å². The molecule has 0 aliphatic rings. The molecule has 0 aromatic carbocycles. The maximum Gasteiger partial charge on any atom is 0.447 e. The first-order valence-corrected chi connectivity index (χ1v) is 6.17. The third kappa shape index (κ3) is 1.73. The lowest BCUT2D eigenvalue weighted by Crippen LogP contribution is -2.64. The molecule has 0 fully saturated rings. The Balaban J connectivity index is 5.50. The highest BCUT2D eigenvalue weighted by Gasteiger charge is 2.64. The zero-order chi connectivity index (χ0) is 11.5. The van der Waals surface area contributed by atoms with Gasteiger partial charge in [0.15, 0.2) is 0 Å². The fourth-order valence-corrected chi connectivity index (χ4v) is 3.79. The summed E-state index contributed by atoms with van der Waals surface area (Å²) in [5.41, 5.74) is -5.50. The van der Waals surface area contributed by atoms with Crippen LogP contribution in [0, 0.1) is 0 Å². The fourth-order valence-electron chi connectivity index (χ4n) is 0.983. The molecule has 0 aliphatic carbocycles. The molecule has 8 heteroatoms. The zero-order valence-corrected chi connectivity index (χ0v) is 8.98. The monoisotopic (exact) mass is 240 g/mol. The van der Waals surface area contributed by atoms with E-state index in [4.69, 9.17) is 26.9 Å². The van der Waals surface area contributed by atoms with Gasteiger partial charge in [0, 0.05) is 0 Å². The van der Waals surface area contributed by atoms with Crippen LogP contribution in [-0.2, 0) is 0 Å². The van der Waals surface area contributed by atoms with Gasteiger partial charge in [-0.1, -0.05) is 6.92 Å². The van der Waals surface area contributed by atoms with Crippen molar-refractivity contribution in [2.24, 2.45) is 0 Å². The van der Waals surface area contributed by atoms with E-state index < -0.39 is 29.9 Å². The molecule has 0 saturated heterocycles. The fraction of sp³-hybridized carbons (Fsp3) is 0.500. The van der Waals surface area contributed by atoms with E-state index in [9.17, 15) is 14.4 Å². The van der Waals surface area contributed by atoms with Gasteiger partial charge in [0.25, 0.3) is 16.8 Å². The molecule has 0 spiro atoms. The Morgan fingerprint density at radius 3 is 1.50 bits per heavy atom. The van der Waals surface area contributed by atoms with Crippen LogP contribution in [0.25, 0.3) is 0 Å². The lowest BCUT2D eigenvalue weighted by Gasteiger charge is -2.20. The highest BCUT2D eigenvalue weighted by atomic mass is 35.5. The van der Waals surface area contributed by atoms with Crippen molar-refractivity contribution in [3.63, 3.8) is 0 Å². The Hall–Kier alpha value is -1.08. The van der Waals surface area contributed by atoms with E-state index in [2.05, 4.69) is 0 Å². The van der Waals surface area contributed by atoms with Crippen LogP contribution in [0.1, 0.15) is 13.3 Å². The van der Waals surface area contributed by atoms with Crippen LogP contribution in [0.15, 0.2) is 0 Å². The molecule has 1 atom stereocenters. The average Bonchev–Trinajstić information content (AvgIpc) is 2.02. The molecule has 0 amide bonds. The van der Waals surface area contributed by atoms with Gasteiger partial charge in [-0.25, -0.2) is 0 Å². The number of carbonyl (C=O) groups is 3. The third-order valence-corrected chi connectivity index (χ3v) is 6.50. The summed E-state index contributed by atoms with van der Waals surface area (Å²) in [6, 6.07) is 0. The third-order valence-electron chi connectivity index (χ3n) is 1.84. The summed E-state index contributed by atoms with van der Waals surface area (Å²) in [5, 5.41) is 24.7. The predicted molar refractivity (Wildman–Crippen MR) is 49.8 cm³/mol. The van der Waals surface area contributed by atoms with Crippen LogP contribution >= 0.6 is 11.6 Å². The van der Waals surface area contributed by atoms with Crippen LogP contribution in [0.5, 0.6) is 0 Å². The smallest absolute Gasteiger partial charge is 0.447 e. The number of hydrogen-bond acceptors (Lipinski definition) is 3. The van der Waals surface area contributed by atoms with Gasteiger partial charge < -0.3 is 15.3 Å². The minimum absolute atomic E-state index is 0.0152. The minimum Gasteiger partial charge on any atom is -0.485 e. The van der Waals surface area contributed by atoms with E-state index in [-0.39, 0.29) is 6.42 Å². The highest BCUT2D eigenvalue weighted by Crippen LogP contribution is 2.21. The van der Waals surface area contributed by atoms with Gasteiger partial charge in [0.05, 0.1) is 5.00 Å². The molecule has 1 unspecified atom stereocenters.